The molecule has 15 heavy (non-hydrogen) atoms. The standard InChI is InChI=1S/C13H18O2/c1-3-15-8-4-5-12-9-11(2)6-7-13(12)10-14/h6-7,9-10H,3-5,8H2,1-2H3. The number of rotatable bonds is 6. The zero-order chi connectivity index (χ0) is 11.1. The molecule has 2 nitrogen and oxygen atoms in total. The molecule has 0 fully saturated rings. The van der Waals surface area contributed by atoms with E-state index in [-0.39, 0.29) is 0 Å². The summed E-state index contributed by atoms with van der Waals surface area (Å²) in [5.41, 5.74) is 3.13. The van der Waals surface area contributed by atoms with Gasteiger partial charge in [-0.1, -0.05) is 23.8 Å². The predicted molar refractivity (Wildman–Crippen MR) is 61.4 cm³/mol. The molecular formula is C13H18O2. The summed E-state index contributed by atoms with van der Waals surface area (Å²) in [7, 11) is 0. The van der Waals surface area contributed by atoms with Crippen LogP contribution in [0.2, 0.25) is 0 Å². The third-order valence-corrected chi connectivity index (χ3v) is 2.36. The largest absolute Gasteiger partial charge is 0.382 e. The lowest BCUT2D eigenvalue weighted by molar-refractivity contribution is 0.112. The number of ether oxygens (including phenoxy) is 1. The number of benzene rings is 1. The molecule has 0 atom stereocenters. The molecule has 1 aromatic rings. The molecule has 2 heteroatoms. The van der Waals surface area contributed by atoms with Gasteiger partial charge in [-0.3, -0.25) is 4.79 Å². The van der Waals surface area contributed by atoms with Crippen molar-refractivity contribution >= 4 is 6.29 Å². The Morgan fingerprint density at radius 2 is 2.20 bits per heavy atom. The lowest BCUT2D eigenvalue weighted by Crippen LogP contribution is -1.99. The molecule has 0 aromatic heterocycles. The summed E-state index contributed by atoms with van der Waals surface area (Å²) < 4.78 is 5.27. The minimum atomic E-state index is 0.758. The first kappa shape index (κ1) is 11.9. The summed E-state index contributed by atoms with van der Waals surface area (Å²) in [5.74, 6) is 0. The number of aryl methyl sites for hydroxylation is 2. The minimum Gasteiger partial charge on any atom is -0.382 e. The van der Waals surface area contributed by atoms with Crippen molar-refractivity contribution < 1.29 is 9.53 Å². The Kier molecular flexibility index (Phi) is 5.05. The van der Waals surface area contributed by atoms with Gasteiger partial charge in [-0.05, 0) is 32.3 Å². The van der Waals surface area contributed by atoms with Gasteiger partial charge in [0.25, 0.3) is 0 Å². The average Bonchev–Trinajstić information content (AvgIpc) is 2.25. The molecule has 0 saturated carbocycles. The van der Waals surface area contributed by atoms with Gasteiger partial charge in [0, 0.05) is 18.8 Å². The van der Waals surface area contributed by atoms with E-state index in [1.807, 2.05) is 26.0 Å². The van der Waals surface area contributed by atoms with E-state index in [0.717, 1.165) is 43.5 Å². The maximum atomic E-state index is 10.8. The smallest absolute Gasteiger partial charge is 0.150 e. The van der Waals surface area contributed by atoms with Crippen LogP contribution in [-0.2, 0) is 11.2 Å². The van der Waals surface area contributed by atoms with Gasteiger partial charge in [-0.25, -0.2) is 0 Å². The average molecular weight is 206 g/mol. The van der Waals surface area contributed by atoms with E-state index in [4.69, 9.17) is 4.74 Å². The quantitative estimate of drug-likeness (QED) is 0.528. The zero-order valence-corrected chi connectivity index (χ0v) is 9.45. The molecule has 0 heterocycles. The second-order valence-corrected chi connectivity index (χ2v) is 3.62. The first-order valence-corrected chi connectivity index (χ1v) is 5.40. The topological polar surface area (TPSA) is 26.3 Å². The van der Waals surface area contributed by atoms with Crippen LogP contribution in [0.1, 0.15) is 34.8 Å². The van der Waals surface area contributed by atoms with Crippen LogP contribution < -0.4 is 0 Å². The monoisotopic (exact) mass is 206 g/mol. The van der Waals surface area contributed by atoms with Crippen molar-refractivity contribution in [1.82, 2.24) is 0 Å². The van der Waals surface area contributed by atoms with E-state index in [0.29, 0.717) is 0 Å². The van der Waals surface area contributed by atoms with Gasteiger partial charge in [0.1, 0.15) is 6.29 Å². The molecule has 0 amide bonds. The number of aldehydes is 1. The lowest BCUT2D eigenvalue weighted by Gasteiger charge is -2.06. The Morgan fingerprint density at radius 3 is 2.87 bits per heavy atom. The molecular weight excluding hydrogens is 188 g/mol. The molecule has 0 aliphatic heterocycles. The number of carbonyl (C=O) groups is 1. The molecule has 1 aromatic carbocycles. The molecule has 0 aliphatic rings. The maximum absolute atomic E-state index is 10.8. The van der Waals surface area contributed by atoms with Crippen LogP contribution in [0.25, 0.3) is 0 Å². The molecule has 0 spiro atoms. The lowest BCUT2D eigenvalue weighted by atomic mass is 10.0. The van der Waals surface area contributed by atoms with Crippen molar-refractivity contribution in [2.75, 3.05) is 13.2 Å². The highest BCUT2D eigenvalue weighted by molar-refractivity contribution is 5.77. The van der Waals surface area contributed by atoms with Gasteiger partial charge in [-0.2, -0.15) is 0 Å². The molecule has 1 rings (SSSR count). The van der Waals surface area contributed by atoms with E-state index >= 15 is 0 Å². The first-order valence-electron chi connectivity index (χ1n) is 5.40. The highest BCUT2D eigenvalue weighted by Crippen LogP contribution is 2.12. The van der Waals surface area contributed by atoms with Crippen LogP contribution in [0.5, 0.6) is 0 Å². The van der Waals surface area contributed by atoms with E-state index in [9.17, 15) is 4.79 Å². The van der Waals surface area contributed by atoms with Crippen molar-refractivity contribution in [3.63, 3.8) is 0 Å². The molecule has 82 valence electrons. The van der Waals surface area contributed by atoms with Gasteiger partial charge in [0.15, 0.2) is 0 Å². The number of carbonyl (C=O) groups excluding carboxylic acids is 1. The van der Waals surface area contributed by atoms with Crippen LogP contribution in [0.4, 0.5) is 0 Å². The minimum absolute atomic E-state index is 0.758. The highest BCUT2D eigenvalue weighted by Gasteiger charge is 2.01. The van der Waals surface area contributed by atoms with Crippen molar-refractivity contribution in [2.24, 2.45) is 0 Å². The van der Waals surface area contributed by atoms with Gasteiger partial charge in [0.2, 0.25) is 0 Å². The second-order valence-electron chi connectivity index (χ2n) is 3.62. The van der Waals surface area contributed by atoms with Crippen molar-refractivity contribution in [3.05, 3.63) is 34.9 Å². The normalized spacial score (nSPS) is 10.3. The van der Waals surface area contributed by atoms with E-state index in [1.54, 1.807) is 0 Å². The van der Waals surface area contributed by atoms with Gasteiger partial charge in [-0.15, -0.1) is 0 Å². The molecule has 0 N–H and O–H groups in total. The Bertz CT molecular complexity index is 318. The molecule has 0 bridgehead atoms. The van der Waals surface area contributed by atoms with Crippen molar-refractivity contribution in [2.45, 2.75) is 26.7 Å². The fourth-order valence-electron chi connectivity index (χ4n) is 1.58. The van der Waals surface area contributed by atoms with Crippen LogP contribution >= 0.6 is 0 Å². The molecule has 0 radical (unpaired) electrons. The summed E-state index contributed by atoms with van der Waals surface area (Å²) in [6, 6.07) is 5.93. The van der Waals surface area contributed by atoms with Crippen molar-refractivity contribution in [3.8, 4) is 0 Å². The number of hydrogen-bond donors (Lipinski definition) is 0. The molecule has 0 aliphatic carbocycles. The zero-order valence-electron chi connectivity index (χ0n) is 9.45. The van der Waals surface area contributed by atoms with Gasteiger partial charge in [0.05, 0.1) is 0 Å². The third kappa shape index (κ3) is 3.84. The summed E-state index contributed by atoms with van der Waals surface area (Å²) in [5, 5.41) is 0. The molecule has 0 unspecified atom stereocenters. The van der Waals surface area contributed by atoms with Gasteiger partial charge < -0.3 is 4.74 Å². The maximum Gasteiger partial charge on any atom is 0.150 e. The third-order valence-electron chi connectivity index (χ3n) is 2.36. The summed E-state index contributed by atoms with van der Waals surface area (Å²) in [6.45, 7) is 5.56. The summed E-state index contributed by atoms with van der Waals surface area (Å²) in [6.07, 6.45) is 2.81. The summed E-state index contributed by atoms with van der Waals surface area (Å²) in [4.78, 5) is 10.8. The van der Waals surface area contributed by atoms with Gasteiger partial charge >= 0.3 is 0 Å². The summed E-state index contributed by atoms with van der Waals surface area (Å²) >= 11 is 0. The van der Waals surface area contributed by atoms with E-state index in [2.05, 4.69) is 6.07 Å². The SMILES string of the molecule is CCOCCCc1cc(C)ccc1C=O. The van der Waals surface area contributed by atoms with E-state index < -0.39 is 0 Å². The second kappa shape index (κ2) is 6.36. The predicted octanol–water partition coefficient (Wildman–Crippen LogP) is 2.78. The van der Waals surface area contributed by atoms with E-state index in [1.165, 1.54) is 5.56 Å². The Balaban J connectivity index is 2.58. The number of hydrogen-bond acceptors (Lipinski definition) is 2. The van der Waals surface area contributed by atoms with Crippen LogP contribution in [-0.4, -0.2) is 19.5 Å². The van der Waals surface area contributed by atoms with Crippen LogP contribution in [0.3, 0.4) is 0 Å². The fraction of sp³-hybridized carbons (Fsp3) is 0.462. The Labute approximate surface area is 91.3 Å². The fourth-order valence-corrected chi connectivity index (χ4v) is 1.58. The van der Waals surface area contributed by atoms with Crippen LogP contribution in [0, 0.1) is 6.92 Å². The van der Waals surface area contributed by atoms with Crippen molar-refractivity contribution in [1.29, 1.82) is 0 Å². The molecule has 0 saturated heterocycles. The first-order chi connectivity index (χ1) is 7.27. The Hall–Kier alpha value is -1.15. The Morgan fingerprint density at radius 1 is 1.40 bits per heavy atom. The highest BCUT2D eigenvalue weighted by atomic mass is 16.5. The van der Waals surface area contributed by atoms with Crippen LogP contribution in [0.15, 0.2) is 18.2 Å².